The number of benzene rings is 2. The number of carboxylic acids is 3. The molecule has 3 N–H and O–H groups in total. The van der Waals surface area contributed by atoms with Gasteiger partial charge in [-0.2, -0.15) is 0 Å². The number of hydrogen-bond acceptors (Lipinski definition) is 3. The molecule has 6 nitrogen and oxygen atoms in total. The SMILES string of the molecule is C/C(=C\C(=O)O)C(=O)O.O=C(O)C(Cl)(c1ccccc1)c1ccccc1. The van der Waals surface area contributed by atoms with E-state index in [1.165, 1.54) is 6.92 Å². The maximum absolute atomic E-state index is 11.5. The lowest BCUT2D eigenvalue weighted by Crippen LogP contribution is -2.30. The Hall–Kier alpha value is -3.12. The summed E-state index contributed by atoms with van der Waals surface area (Å²) in [5, 5.41) is 25.5. The Bertz CT molecular complexity index is 760. The summed E-state index contributed by atoms with van der Waals surface area (Å²) >= 11 is 6.33. The second-order valence-corrected chi connectivity index (χ2v) is 5.73. The van der Waals surface area contributed by atoms with Crippen molar-refractivity contribution in [2.45, 2.75) is 11.8 Å². The molecule has 0 saturated heterocycles. The minimum absolute atomic E-state index is 0.178. The zero-order valence-corrected chi connectivity index (χ0v) is 14.6. The van der Waals surface area contributed by atoms with E-state index < -0.39 is 22.8 Å². The third kappa shape index (κ3) is 5.46. The van der Waals surface area contributed by atoms with E-state index in [0.29, 0.717) is 17.2 Å². The van der Waals surface area contributed by atoms with Crippen molar-refractivity contribution in [3.05, 3.63) is 83.4 Å². The van der Waals surface area contributed by atoms with Crippen LogP contribution in [0.2, 0.25) is 0 Å². The van der Waals surface area contributed by atoms with Crippen LogP contribution in [0, 0.1) is 0 Å². The Kier molecular flexibility index (Phi) is 7.55. The Morgan fingerprint density at radius 3 is 1.46 bits per heavy atom. The average Bonchev–Trinajstić information content (AvgIpc) is 2.62. The molecule has 0 heterocycles. The topological polar surface area (TPSA) is 112 Å². The van der Waals surface area contributed by atoms with Crippen LogP contribution in [0.25, 0.3) is 0 Å². The maximum atomic E-state index is 11.5. The Balaban J connectivity index is 0.000000321. The number of carbonyl (C=O) groups is 3. The number of carboxylic acid groups (broad SMARTS) is 3. The Morgan fingerprint density at radius 1 is 0.846 bits per heavy atom. The predicted molar refractivity (Wildman–Crippen MR) is 96.2 cm³/mol. The van der Waals surface area contributed by atoms with Crippen molar-refractivity contribution in [1.29, 1.82) is 0 Å². The largest absolute Gasteiger partial charge is 0.479 e. The van der Waals surface area contributed by atoms with Crippen molar-refractivity contribution in [1.82, 2.24) is 0 Å². The molecule has 26 heavy (non-hydrogen) atoms. The third-order valence-corrected chi connectivity index (χ3v) is 3.91. The summed E-state index contributed by atoms with van der Waals surface area (Å²) in [6.07, 6.45) is 0.641. The number of rotatable bonds is 5. The molecule has 2 aromatic rings. The average molecular weight is 377 g/mol. The van der Waals surface area contributed by atoms with Gasteiger partial charge in [-0.05, 0) is 18.1 Å². The van der Waals surface area contributed by atoms with Crippen molar-refractivity contribution < 1.29 is 29.7 Å². The normalized spacial score (nSPS) is 11.1. The van der Waals surface area contributed by atoms with Gasteiger partial charge in [0.05, 0.1) is 0 Å². The highest BCUT2D eigenvalue weighted by molar-refractivity contribution is 6.35. The first-order chi connectivity index (χ1) is 12.2. The van der Waals surface area contributed by atoms with Crippen LogP contribution >= 0.6 is 11.6 Å². The van der Waals surface area contributed by atoms with E-state index in [9.17, 15) is 19.5 Å². The lowest BCUT2D eigenvalue weighted by atomic mass is 9.90. The molecule has 0 bridgehead atoms. The molecule has 2 rings (SSSR count). The second-order valence-electron chi connectivity index (χ2n) is 5.17. The lowest BCUT2D eigenvalue weighted by Gasteiger charge is -2.23. The van der Waals surface area contributed by atoms with E-state index in [1.807, 2.05) is 12.1 Å². The van der Waals surface area contributed by atoms with Gasteiger partial charge in [0.15, 0.2) is 4.87 Å². The zero-order valence-electron chi connectivity index (χ0n) is 13.8. The molecule has 7 heteroatoms. The number of alkyl halides is 1. The molecular formula is C19H17ClO6. The minimum atomic E-state index is -1.53. The van der Waals surface area contributed by atoms with Crippen LogP contribution in [-0.2, 0) is 19.3 Å². The Morgan fingerprint density at radius 2 is 1.23 bits per heavy atom. The smallest absolute Gasteiger partial charge is 0.334 e. The van der Waals surface area contributed by atoms with E-state index >= 15 is 0 Å². The highest BCUT2D eigenvalue weighted by atomic mass is 35.5. The summed E-state index contributed by atoms with van der Waals surface area (Å²) < 4.78 is 0. The monoisotopic (exact) mass is 376 g/mol. The number of aliphatic carboxylic acids is 3. The van der Waals surface area contributed by atoms with Crippen LogP contribution in [0.1, 0.15) is 18.1 Å². The molecule has 2 aromatic carbocycles. The van der Waals surface area contributed by atoms with Crippen molar-refractivity contribution in [2.75, 3.05) is 0 Å². The van der Waals surface area contributed by atoms with E-state index in [1.54, 1.807) is 48.5 Å². The molecule has 0 spiro atoms. The fraction of sp³-hybridized carbons (Fsp3) is 0.105. The molecule has 0 fully saturated rings. The molecule has 0 amide bonds. The summed E-state index contributed by atoms with van der Waals surface area (Å²) in [5.41, 5.74) is 0.934. The van der Waals surface area contributed by atoms with Crippen molar-refractivity contribution >= 4 is 29.5 Å². The Labute approximate surface area is 155 Å². The van der Waals surface area contributed by atoms with Gasteiger partial charge >= 0.3 is 17.9 Å². The van der Waals surface area contributed by atoms with E-state index in [-0.39, 0.29) is 5.57 Å². The van der Waals surface area contributed by atoms with Gasteiger partial charge in [0.25, 0.3) is 0 Å². The highest BCUT2D eigenvalue weighted by Crippen LogP contribution is 2.36. The molecule has 0 radical (unpaired) electrons. The molecule has 0 saturated carbocycles. The van der Waals surface area contributed by atoms with Gasteiger partial charge in [-0.1, -0.05) is 72.3 Å². The van der Waals surface area contributed by atoms with E-state index in [4.69, 9.17) is 21.8 Å². The van der Waals surface area contributed by atoms with Crippen LogP contribution in [0.15, 0.2) is 72.3 Å². The zero-order chi connectivity index (χ0) is 19.7. The summed E-state index contributed by atoms with van der Waals surface area (Å²) in [5.74, 6) is -3.52. The molecule has 0 aliphatic heterocycles. The van der Waals surface area contributed by atoms with Crippen LogP contribution in [0.3, 0.4) is 0 Å². The summed E-state index contributed by atoms with van der Waals surface area (Å²) in [7, 11) is 0. The summed E-state index contributed by atoms with van der Waals surface area (Å²) in [6, 6.07) is 17.6. The first-order valence-corrected chi connectivity index (χ1v) is 7.75. The van der Waals surface area contributed by atoms with E-state index in [2.05, 4.69) is 0 Å². The molecule has 136 valence electrons. The van der Waals surface area contributed by atoms with Crippen LogP contribution in [-0.4, -0.2) is 33.2 Å². The fourth-order valence-electron chi connectivity index (χ4n) is 2.00. The molecular weight excluding hydrogens is 360 g/mol. The van der Waals surface area contributed by atoms with Gasteiger partial charge in [-0.25, -0.2) is 14.4 Å². The summed E-state index contributed by atoms with van der Waals surface area (Å²) in [6.45, 7) is 1.22. The molecule has 0 aliphatic rings. The van der Waals surface area contributed by atoms with Crippen LogP contribution < -0.4 is 0 Å². The fourth-order valence-corrected chi connectivity index (χ4v) is 2.25. The van der Waals surface area contributed by atoms with Crippen molar-refractivity contribution in [2.24, 2.45) is 0 Å². The van der Waals surface area contributed by atoms with Gasteiger partial charge < -0.3 is 15.3 Å². The van der Waals surface area contributed by atoms with Gasteiger partial charge in [0.2, 0.25) is 0 Å². The first kappa shape index (κ1) is 20.9. The molecule has 0 atom stereocenters. The standard InChI is InChI=1S/C14H11ClO2.C5H6O4/c15-14(13(16)17,11-7-3-1-4-8-11)12-9-5-2-6-10-12;1-3(5(8)9)2-4(6)7/h1-10H,(H,16,17);2H,1H3,(H,6,7)(H,8,9)/b;3-2+. The second kappa shape index (κ2) is 9.39. The van der Waals surface area contributed by atoms with Gasteiger partial charge in [-0.15, -0.1) is 0 Å². The quantitative estimate of drug-likeness (QED) is 0.545. The van der Waals surface area contributed by atoms with Crippen LogP contribution in [0.5, 0.6) is 0 Å². The van der Waals surface area contributed by atoms with Crippen molar-refractivity contribution in [3.63, 3.8) is 0 Å². The predicted octanol–water partition coefficient (Wildman–Crippen LogP) is 3.36. The first-order valence-electron chi connectivity index (χ1n) is 7.37. The highest BCUT2D eigenvalue weighted by Gasteiger charge is 2.39. The summed E-state index contributed by atoms with van der Waals surface area (Å²) in [4.78, 5) is 29.6. The molecule has 0 aliphatic carbocycles. The lowest BCUT2D eigenvalue weighted by molar-refractivity contribution is -0.139. The van der Waals surface area contributed by atoms with Gasteiger partial charge in [0, 0.05) is 11.6 Å². The van der Waals surface area contributed by atoms with Gasteiger partial charge in [0.1, 0.15) is 0 Å². The van der Waals surface area contributed by atoms with Crippen molar-refractivity contribution in [3.8, 4) is 0 Å². The number of halogens is 1. The molecule has 0 unspecified atom stereocenters. The number of hydrogen-bond donors (Lipinski definition) is 3. The maximum Gasteiger partial charge on any atom is 0.334 e. The minimum Gasteiger partial charge on any atom is -0.479 e. The van der Waals surface area contributed by atoms with Crippen LogP contribution in [0.4, 0.5) is 0 Å². The van der Waals surface area contributed by atoms with Gasteiger partial charge in [-0.3, -0.25) is 0 Å². The van der Waals surface area contributed by atoms with E-state index in [0.717, 1.165) is 0 Å². The third-order valence-electron chi connectivity index (χ3n) is 3.32. The molecule has 0 aromatic heterocycles.